The number of hydrogen-bond acceptors (Lipinski definition) is 4. The molecule has 0 saturated carbocycles. The van der Waals surface area contributed by atoms with Crippen molar-refractivity contribution in [1.82, 2.24) is 10.2 Å². The van der Waals surface area contributed by atoms with Crippen molar-refractivity contribution in [3.63, 3.8) is 0 Å². The van der Waals surface area contributed by atoms with E-state index in [1.165, 1.54) is 5.56 Å². The van der Waals surface area contributed by atoms with Crippen LogP contribution in [0.15, 0.2) is 24.3 Å². The van der Waals surface area contributed by atoms with Crippen LogP contribution in [0.1, 0.15) is 29.5 Å². The van der Waals surface area contributed by atoms with Gasteiger partial charge in [0, 0.05) is 6.42 Å². The molecule has 0 radical (unpaired) electrons. The number of halogens is 3. The molecule has 118 valence electrons. The number of aryl methyl sites for hydroxylation is 2. The topological polar surface area (TPSA) is 54.9 Å². The molecule has 1 aromatic carbocycles. The van der Waals surface area contributed by atoms with E-state index in [9.17, 15) is 18.0 Å². The first-order chi connectivity index (χ1) is 10.4. The normalized spacial score (nSPS) is 11.5. The van der Waals surface area contributed by atoms with Crippen molar-refractivity contribution >= 4 is 22.4 Å². The van der Waals surface area contributed by atoms with Crippen LogP contribution in [0.3, 0.4) is 0 Å². The van der Waals surface area contributed by atoms with Gasteiger partial charge in [0.25, 0.3) is 0 Å². The van der Waals surface area contributed by atoms with Crippen LogP contribution in [0, 0.1) is 0 Å². The van der Waals surface area contributed by atoms with Crippen LogP contribution >= 0.6 is 11.3 Å². The molecule has 1 aromatic heterocycles. The van der Waals surface area contributed by atoms with Crippen molar-refractivity contribution in [2.75, 3.05) is 5.32 Å². The second-order valence-electron chi connectivity index (χ2n) is 4.63. The molecule has 0 aliphatic rings. The first-order valence-corrected chi connectivity index (χ1v) is 7.48. The molecule has 0 atom stereocenters. The Labute approximate surface area is 129 Å². The molecule has 0 aliphatic heterocycles. The molecule has 0 bridgehead atoms. The lowest BCUT2D eigenvalue weighted by molar-refractivity contribution is -0.138. The highest BCUT2D eigenvalue weighted by Gasteiger charge is 2.35. The van der Waals surface area contributed by atoms with Crippen LogP contribution in [-0.2, 0) is 23.8 Å². The predicted octanol–water partition coefficient (Wildman–Crippen LogP) is 3.69. The summed E-state index contributed by atoms with van der Waals surface area (Å²) in [5.41, 5.74) is 2.21. The van der Waals surface area contributed by atoms with Gasteiger partial charge in [-0.25, -0.2) is 0 Å². The summed E-state index contributed by atoms with van der Waals surface area (Å²) >= 11 is 0.316. The Hall–Kier alpha value is -1.96. The number of aromatic nitrogens is 2. The van der Waals surface area contributed by atoms with Crippen molar-refractivity contribution in [3.05, 3.63) is 40.4 Å². The summed E-state index contributed by atoms with van der Waals surface area (Å²) in [5.74, 6) is -0.385. The summed E-state index contributed by atoms with van der Waals surface area (Å²) in [7, 11) is 0. The Morgan fingerprint density at radius 3 is 2.36 bits per heavy atom. The molecule has 2 aromatic rings. The number of alkyl halides is 3. The Morgan fingerprint density at radius 2 is 1.82 bits per heavy atom. The zero-order chi connectivity index (χ0) is 16.2. The number of carbonyl (C=O) groups is 1. The molecule has 8 heteroatoms. The first kappa shape index (κ1) is 16.4. The van der Waals surface area contributed by atoms with E-state index >= 15 is 0 Å². The fraction of sp³-hybridized carbons (Fsp3) is 0.357. The molecule has 1 N–H and O–H groups in total. The van der Waals surface area contributed by atoms with E-state index in [1.54, 1.807) is 0 Å². The minimum Gasteiger partial charge on any atom is -0.301 e. The van der Waals surface area contributed by atoms with Crippen molar-refractivity contribution in [3.8, 4) is 0 Å². The maximum Gasteiger partial charge on any atom is 0.445 e. The highest BCUT2D eigenvalue weighted by Crippen LogP contribution is 2.32. The maximum atomic E-state index is 12.4. The largest absolute Gasteiger partial charge is 0.445 e. The minimum atomic E-state index is -4.54. The van der Waals surface area contributed by atoms with Crippen molar-refractivity contribution < 1.29 is 18.0 Å². The van der Waals surface area contributed by atoms with E-state index in [1.807, 2.05) is 24.3 Å². The molecular formula is C14H14F3N3OS. The lowest BCUT2D eigenvalue weighted by atomic mass is 10.1. The predicted molar refractivity (Wildman–Crippen MR) is 77.7 cm³/mol. The van der Waals surface area contributed by atoms with Crippen LogP contribution in [0.25, 0.3) is 0 Å². The molecule has 0 spiro atoms. The third kappa shape index (κ3) is 4.52. The fourth-order valence-electron chi connectivity index (χ4n) is 1.77. The monoisotopic (exact) mass is 329 g/mol. The van der Waals surface area contributed by atoms with Crippen molar-refractivity contribution in [2.45, 2.75) is 32.4 Å². The fourth-order valence-corrected chi connectivity index (χ4v) is 2.40. The zero-order valence-corrected chi connectivity index (χ0v) is 12.6. The second-order valence-corrected chi connectivity index (χ2v) is 5.61. The van der Waals surface area contributed by atoms with E-state index in [0.29, 0.717) is 17.8 Å². The number of nitrogens with zero attached hydrogens (tertiary/aromatic N) is 2. The van der Waals surface area contributed by atoms with Crippen LogP contribution in [0.5, 0.6) is 0 Å². The number of rotatable bonds is 5. The Bertz CT molecular complexity index is 638. The summed E-state index contributed by atoms with van der Waals surface area (Å²) in [6.45, 7) is 2.06. The van der Waals surface area contributed by atoms with E-state index in [4.69, 9.17) is 0 Å². The standard InChI is InChI=1S/C14H14F3N3OS/c1-2-9-3-5-10(6-4-9)7-8-11(21)18-13-20-19-12(22-13)14(15,16)17/h3-6H,2,7-8H2,1H3,(H,18,20,21). The van der Waals surface area contributed by atoms with E-state index < -0.39 is 11.2 Å². The molecular weight excluding hydrogens is 315 g/mol. The van der Waals surface area contributed by atoms with Crippen LogP contribution in [0.2, 0.25) is 0 Å². The van der Waals surface area contributed by atoms with Gasteiger partial charge in [-0.15, -0.1) is 10.2 Å². The Balaban J connectivity index is 1.86. The van der Waals surface area contributed by atoms with Gasteiger partial charge in [0.05, 0.1) is 0 Å². The minimum absolute atomic E-state index is 0.140. The lowest BCUT2D eigenvalue weighted by Crippen LogP contribution is -2.12. The van der Waals surface area contributed by atoms with Gasteiger partial charge in [0.1, 0.15) is 0 Å². The van der Waals surface area contributed by atoms with Crippen molar-refractivity contribution in [2.24, 2.45) is 0 Å². The number of carbonyl (C=O) groups excluding carboxylic acids is 1. The van der Waals surface area contributed by atoms with Gasteiger partial charge in [0.15, 0.2) is 0 Å². The Kier molecular flexibility index (Phi) is 5.12. The molecule has 1 amide bonds. The average Bonchev–Trinajstić information content (AvgIpc) is 2.94. The van der Waals surface area contributed by atoms with Crippen LogP contribution in [0.4, 0.5) is 18.3 Å². The maximum absolute atomic E-state index is 12.4. The molecule has 0 saturated heterocycles. The number of benzene rings is 1. The molecule has 0 fully saturated rings. The number of amides is 1. The van der Waals surface area contributed by atoms with Gasteiger partial charge >= 0.3 is 6.18 Å². The summed E-state index contributed by atoms with van der Waals surface area (Å²) in [6, 6.07) is 7.87. The summed E-state index contributed by atoms with van der Waals surface area (Å²) < 4.78 is 37.1. The van der Waals surface area contributed by atoms with Crippen molar-refractivity contribution in [1.29, 1.82) is 0 Å². The third-order valence-corrected chi connectivity index (χ3v) is 3.87. The SMILES string of the molecule is CCc1ccc(CCC(=O)Nc2nnc(C(F)(F)F)s2)cc1. The molecule has 0 unspecified atom stereocenters. The van der Waals surface area contributed by atoms with Gasteiger partial charge in [0.2, 0.25) is 16.0 Å². The smallest absolute Gasteiger partial charge is 0.301 e. The molecule has 1 heterocycles. The second kappa shape index (κ2) is 6.87. The highest BCUT2D eigenvalue weighted by molar-refractivity contribution is 7.15. The molecule has 22 heavy (non-hydrogen) atoms. The summed E-state index contributed by atoms with van der Waals surface area (Å²) in [5, 5.41) is 7.45. The van der Waals surface area contributed by atoms with Crippen LogP contribution < -0.4 is 5.32 Å². The van der Waals surface area contributed by atoms with Gasteiger partial charge < -0.3 is 5.32 Å². The molecule has 0 aliphatic carbocycles. The van der Waals surface area contributed by atoms with Gasteiger partial charge in [-0.05, 0) is 24.0 Å². The zero-order valence-electron chi connectivity index (χ0n) is 11.8. The molecule has 4 nitrogen and oxygen atoms in total. The van der Waals surface area contributed by atoms with E-state index in [0.717, 1.165) is 12.0 Å². The van der Waals surface area contributed by atoms with Gasteiger partial charge in [-0.1, -0.05) is 42.5 Å². The number of nitrogens with one attached hydrogen (secondary N) is 1. The number of anilines is 1. The Morgan fingerprint density at radius 1 is 1.18 bits per heavy atom. The van der Waals surface area contributed by atoms with E-state index in [-0.39, 0.29) is 17.5 Å². The van der Waals surface area contributed by atoms with Crippen LogP contribution in [-0.4, -0.2) is 16.1 Å². The first-order valence-electron chi connectivity index (χ1n) is 6.67. The summed E-state index contributed by atoms with van der Waals surface area (Å²) in [6.07, 6.45) is -2.91. The average molecular weight is 329 g/mol. The number of hydrogen-bond donors (Lipinski definition) is 1. The van der Waals surface area contributed by atoms with E-state index in [2.05, 4.69) is 22.4 Å². The summed E-state index contributed by atoms with van der Waals surface area (Å²) in [4.78, 5) is 11.7. The van der Waals surface area contributed by atoms with Gasteiger partial charge in [-0.3, -0.25) is 4.79 Å². The van der Waals surface area contributed by atoms with Gasteiger partial charge in [-0.2, -0.15) is 13.2 Å². The third-order valence-electron chi connectivity index (χ3n) is 2.99. The quantitative estimate of drug-likeness (QED) is 0.910. The lowest BCUT2D eigenvalue weighted by Gasteiger charge is -2.03. The molecule has 2 rings (SSSR count). The highest BCUT2D eigenvalue weighted by atomic mass is 32.1.